The number of pyridine rings is 4. The summed E-state index contributed by atoms with van der Waals surface area (Å²) in [4.78, 5) is 21.1. The van der Waals surface area contributed by atoms with Crippen LogP contribution in [-0.4, -0.2) is 19.9 Å². The van der Waals surface area contributed by atoms with Crippen LogP contribution in [0.5, 0.6) is 0 Å². The third-order valence-corrected chi connectivity index (χ3v) is 11.5. The van der Waals surface area contributed by atoms with Gasteiger partial charge in [0.2, 0.25) is 0 Å². The molecule has 4 heterocycles. The standard InChI is InChI=1S/C58H38N4/c1-5-13-39(14-6-1)21-31-47-37-51(41-17-9-3-10-18-41)49-33-27-45-29-35-53(61-55(45)57(49)59-47)43-23-25-44(26-24-43)54-36-30-46-28-34-50-52(42-19-11-4-12-20-42)38-48(60-58(50)56(46)62-54)32-22-40-15-7-2-8-16-40/h1-38H/b31-21+,32-22+. The Bertz CT molecular complexity index is 3240. The van der Waals surface area contributed by atoms with Gasteiger partial charge in [0.15, 0.2) is 0 Å². The van der Waals surface area contributed by atoms with Gasteiger partial charge in [-0.1, -0.05) is 194 Å². The molecule has 0 unspecified atom stereocenters. The maximum absolute atomic E-state index is 5.31. The van der Waals surface area contributed by atoms with Crippen molar-refractivity contribution in [3.8, 4) is 44.8 Å². The van der Waals surface area contributed by atoms with Gasteiger partial charge in [-0.15, -0.1) is 0 Å². The van der Waals surface area contributed by atoms with Gasteiger partial charge < -0.3 is 0 Å². The minimum absolute atomic E-state index is 0.875. The van der Waals surface area contributed by atoms with E-state index in [9.17, 15) is 0 Å². The first-order chi connectivity index (χ1) is 30.7. The Morgan fingerprint density at radius 2 is 0.645 bits per heavy atom. The average molecular weight is 791 g/mol. The molecule has 0 N–H and O–H groups in total. The van der Waals surface area contributed by atoms with Crippen molar-refractivity contribution in [3.63, 3.8) is 0 Å². The molecule has 4 aromatic heterocycles. The van der Waals surface area contributed by atoms with E-state index in [1.807, 2.05) is 12.1 Å². The number of hydrogen-bond donors (Lipinski definition) is 0. The zero-order chi connectivity index (χ0) is 41.2. The lowest BCUT2D eigenvalue weighted by molar-refractivity contribution is 1.34. The van der Waals surface area contributed by atoms with E-state index < -0.39 is 0 Å². The number of fused-ring (bicyclic) bond motifs is 6. The highest BCUT2D eigenvalue weighted by atomic mass is 14.8. The summed E-state index contributed by atoms with van der Waals surface area (Å²) in [6.45, 7) is 0. The lowest BCUT2D eigenvalue weighted by Crippen LogP contribution is -1.94. The van der Waals surface area contributed by atoms with Crippen LogP contribution >= 0.6 is 0 Å². The molecule has 0 saturated heterocycles. The highest BCUT2D eigenvalue weighted by Crippen LogP contribution is 2.36. The van der Waals surface area contributed by atoms with E-state index in [0.717, 1.165) is 111 Å². The zero-order valence-electron chi connectivity index (χ0n) is 33.7. The quantitative estimate of drug-likeness (QED) is 0.144. The molecule has 0 spiro atoms. The predicted octanol–water partition coefficient (Wildman–Crippen LogP) is 14.9. The maximum atomic E-state index is 5.31. The van der Waals surface area contributed by atoms with Gasteiger partial charge in [-0.25, -0.2) is 19.9 Å². The minimum atomic E-state index is 0.875. The molecule has 0 radical (unpaired) electrons. The number of benzene rings is 7. The summed E-state index contributed by atoms with van der Waals surface area (Å²) in [5.74, 6) is 0. The maximum Gasteiger partial charge on any atom is 0.0978 e. The normalized spacial score (nSPS) is 11.7. The van der Waals surface area contributed by atoms with Crippen molar-refractivity contribution in [2.75, 3.05) is 0 Å². The first-order valence-electron chi connectivity index (χ1n) is 20.9. The lowest BCUT2D eigenvalue weighted by Gasteiger charge is -2.12. The molecule has 0 aliphatic rings. The van der Waals surface area contributed by atoms with Crippen LogP contribution in [0.4, 0.5) is 0 Å². The van der Waals surface area contributed by atoms with Gasteiger partial charge in [-0.3, -0.25) is 0 Å². The second-order valence-corrected chi connectivity index (χ2v) is 15.4. The topological polar surface area (TPSA) is 51.6 Å². The van der Waals surface area contributed by atoms with E-state index in [0.29, 0.717) is 0 Å². The predicted molar refractivity (Wildman–Crippen MR) is 260 cm³/mol. The van der Waals surface area contributed by atoms with Gasteiger partial charge in [-0.2, -0.15) is 0 Å². The summed E-state index contributed by atoms with van der Waals surface area (Å²) in [5.41, 5.74) is 15.9. The molecule has 290 valence electrons. The molecule has 0 fully saturated rings. The van der Waals surface area contributed by atoms with Crippen LogP contribution in [0.2, 0.25) is 0 Å². The fourth-order valence-corrected chi connectivity index (χ4v) is 8.29. The monoisotopic (exact) mass is 790 g/mol. The number of hydrogen-bond acceptors (Lipinski definition) is 4. The third-order valence-electron chi connectivity index (χ3n) is 11.5. The summed E-state index contributed by atoms with van der Waals surface area (Å²) in [6.07, 6.45) is 8.41. The fourth-order valence-electron chi connectivity index (χ4n) is 8.29. The van der Waals surface area contributed by atoms with E-state index in [-0.39, 0.29) is 0 Å². The van der Waals surface area contributed by atoms with Gasteiger partial charge in [-0.05, 0) is 69.8 Å². The first-order valence-corrected chi connectivity index (χ1v) is 20.9. The summed E-state index contributed by atoms with van der Waals surface area (Å²) >= 11 is 0. The Morgan fingerprint density at radius 1 is 0.274 bits per heavy atom. The van der Waals surface area contributed by atoms with E-state index in [4.69, 9.17) is 19.9 Å². The van der Waals surface area contributed by atoms with Crippen LogP contribution in [0.3, 0.4) is 0 Å². The average Bonchev–Trinajstić information content (AvgIpc) is 3.35. The Morgan fingerprint density at radius 3 is 1.05 bits per heavy atom. The van der Waals surface area contributed by atoms with Gasteiger partial charge >= 0.3 is 0 Å². The van der Waals surface area contributed by atoms with Crippen molar-refractivity contribution in [1.82, 2.24) is 19.9 Å². The Labute approximate surface area is 359 Å². The summed E-state index contributed by atoms with van der Waals surface area (Å²) in [7, 11) is 0. The molecule has 7 aromatic carbocycles. The lowest BCUT2D eigenvalue weighted by atomic mass is 9.97. The van der Waals surface area contributed by atoms with Crippen molar-refractivity contribution < 1.29 is 0 Å². The van der Waals surface area contributed by atoms with Crippen molar-refractivity contribution in [2.24, 2.45) is 0 Å². The molecule has 0 aliphatic carbocycles. The highest BCUT2D eigenvalue weighted by Gasteiger charge is 2.15. The van der Waals surface area contributed by atoms with E-state index in [1.165, 1.54) is 0 Å². The molecule has 0 amide bonds. The summed E-state index contributed by atoms with van der Waals surface area (Å²) in [6, 6.07) is 71.8. The van der Waals surface area contributed by atoms with Crippen molar-refractivity contribution in [2.45, 2.75) is 0 Å². The van der Waals surface area contributed by atoms with Crippen molar-refractivity contribution in [3.05, 3.63) is 229 Å². The molecular weight excluding hydrogens is 753 g/mol. The fraction of sp³-hybridized carbons (Fsp3) is 0. The molecule has 0 atom stereocenters. The van der Waals surface area contributed by atoms with E-state index >= 15 is 0 Å². The first kappa shape index (κ1) is 36.7. The van der Waals surface area contributed by atoms with Gasteiger partial charge in [0, 0.05) is 32.7 Å². The SMILES string of the molecule is C(=C\c1cc(-c2ccccc2)c2ccc3ccc(-c4ccc(-c5ccc6ccc7c(-c8ccccc8)cc(/C=C/c8ccccc8)nc7c6n5)cc4)nc3c2n1)/c1ccccc1. The zero-order valence-corrected chi connectivity index (χ0v) is 33.7. The second kappa shape index (κ2) is 16.0. The molecule has 0 aliphatic heterocycles. The van der Waals surface area contributed by atoms with Crippen LogP contribution in [0, 0.1) is 0 Å². The van der Waals surface area contributed by atoms with E-state index in [1.54, 1.807) is 0 Å². The summed E-state index contributed by atoms with van der Waals surface area (Å²) in [5, 5.41) is 4.23. The van der Waals surface area contributed by atoms with Gasteiger partial charge in [0.25, 0.3) is 0 Å². The minimum Gasteiger partial charge on any atom is -0.246 e. The number of rotatable bonds is 8. The molecule has 0 saturated carbocycles. The van der Waals surface area contributed by atoms with E-state index in [2.05, 4.69) is 218 Å². The van der Waals surface area contributed by atoms with Crippen LogP contribution < -0.4 is 0 Å². The molecular formula is C58H38N4. The van der Waals surface area contributed by atoms with Crippen molar-refractivity contribution >= 4 is 67.9 Å². The number of nitrogens with zero attached hydrogens (tertiary/aromatic N) is 4. The highest BCUT2D eigenvalue weighted by molar-refractivity contribution is 6.10. The van der Waals surface area contributed by atoms with Crippen LogP contribution in [0.15, 0.2) is 206 Å². The van der Waals surface area contributed by atoms with Crippen LogP contribution in [0.1, 0.15) is 22.5 Å². The number of aromatic nitrogens is 4. The Kier molecular flexibility index (Phi) is 9.49. The summed E-state index contributed by atoms with van der Waals surface area (Å²) < 4.78 is 0. The van der Waals surface area contributed by atoms with Crippen LogP contribution in [-0.2, 0) is 0 Å². The molecule has 11 aromatic rings. The second-order valence-electron chi connectivity index (χ2n) is 15.4. The van der Waals surface area contributed by atoms with Gasteiger partial charge in [0.1, 0.15) is 0 Å². The smallest absolute Gasteiger partial charge is 0.0978 e. The molecule has 0 bridgehead atoms. The molecule has 62 heavy (non-hydrogen) atoms. The largest absolute Gasteiger partial charge is 0.246 e. The van der Waals surface area contributed by atoms with Crippen LogP contribution in [0.25, 0.3) is 113 Å². The Hall–Kier alpha value is -8.34. The molecule has 4 nitrogen and oxygen atoms in total. The molecule has 4 heteroatoms. The molecule has 11 rings (SSSR count). The third kappa shape index (κ3) is 7.20. The Balaban J connectivity index is 0.984. The van der Waals surface area contributed by atoms with Gasteiger partial charge in [0.05, 0.1) is 44.8 Å². The van der Waals surface area contributed by atoms with Crippen molar-refractivity contribution in [1.29, 1.82) is 0 Å².